The smallest absolute Gasteiger partial charge is 0.387 e. The van der Waals surface area contributed by atoms with Gasteiger partial charge in [-0.1, -0.05) is 24.3 Å². The molecule has 2 aromatic rings. The average molecular weight is 319 g/mol. The lowest BCUT2D eigenvalue weighted by Gasteiger charge is -2.19. The van der Waals surface area contributed by atoms with Crippen LogP contribution in [0.1, 0.15) is 27.0 Å². The second kappa shape index (κ2) is 7.22. The normalized spacial score (nSPS) is 10.7. The van der Waals surface area contributed by atoms with Gasteiger partial charge in [-0.2, -0.15) is 8.78 Å². The van der Waals surface area contributed by atoms with Gasteiger partial charge in [-0.05, 0) is 48.7 Å². The first kappa shape index (κ1) is 16.9. The number of ether oxygens (including phenoxy) is 1. The molecule has 0 saturated heterocycles. The fourth-order valence-corrected chi connectivity index (χ4v) is 2.31. The molecule has 122 valence electrons. The molecule has 2 aromatic carbocycles. The molecule has 0 aromatic heterocycles. The van der Waals surface area contributed by atoms with E-state index in [-0.39, 0.29) is 11.7 Å². The van der Waals surface area contributed by atoms with E-state index in [1.807, 2.05) is 26.0 Å². The monoisotopic (exact) mass is 319 g/mol. The third-order valence-corrected chi connectivity index (χ3v) is 3.75. The highest BCUT2D eigenvalue weighted by atomic mass is 19.3. The molecule has 2 rings (SSSR count). The number of nitrogens with zero attached hydrogens (tertiary/aromatic N) is 1. The molecule has 0 bridgehead atoms. The molecule has 0 heterocycles. The van der Waals surface area contributed by atoms with E-state index in [9.17, 15) is 13.6 Å². The number of halogens is 2. The van der Waals surface area contributed by atoms with Gasteiger partial charge in [0.05, 0.1) is 0 Å². The van der Waals surface area contributed by atoms with Crippen molar-refractivity contribution in [1.82, 2.24) is 4.90 Å². The molecule has 3 nitrogen and oxygen atoms in total. The zero-order valence-corrected chi connectivity index (χ0v) is 13.3. The molecule has 5 heteroatoms. The Balaban J connectivity index is 2.07. The number of carbonyl (C=O) groups is 1. The van der Waals surface area contributed by atoms with Crippen LogP contribution < -0.4 is 4.74 Å². The summed E-state index contributed by atoms with van der Waals surface area (Å²) in [6.45, 7) is 1.44. The fraction of sp³-hybridized carbons (Fsp3) is 0.278. The zero-order valence-electron chi connectivity index (χ0n) is 13.3. The van der Waals surface area contributed by atoms with E-state index in [0.717, 1.165) is 16.7 Å². The lowest BCUT2D eigenvalue weighted by molar-refractivity contribution is -0.0498. The molecular formula is C18H19F2NO2. The minimum Gasteiger partial charge on any atom is -0.435 e. The summed E-state index contributed by atoms with van der Waals surface area (Å²) in [5.41, 5.74) is 3.54. The van der Waals surface area contributed by atoms with Gasteiger partial charge in [-0.15, -0.1) is 0 Å². The quantitative estimate of drug-likeness (QED) is 0.827. The number of carbonyl (C=O) groups excluding carboxylic acids is 1. The van der Waals surface area contributed by atoms with Crippen LogP contribution in [-0.2, 0) is 6.54 Å². The van der Waals surface area contributed by atoms with Crippen LogP contribution in [0.25, 0.3) is 0 Å². The van der Waals surface area contributed by atoms with Gasteiger partial charge in [0, 0.05) is 19.2 Å². The SMILES string of the molecule is Cc1cccc(C(=O)N(C)Cc2ccc(OC(F)F)cc2)c1C. The van der Waals surface area contributed by atoms with Crippen molar-refractivity contribution < 1.29 is 18.3 Å². The molecule has 0 atom stereocenters. The maximum Gasteiger partial charge on any atom is 0.387 e. The Morgan fingerprint density at radius 3 is 2.39 bits per heavy atom. The number of hydrogen-bond acceptors (Lipinski definition) is 2. The fourth-order valence-electron chi connectivity index (χ4n) is 2.31. The molecule has 0 aliphatic carbocycles. The first-order valence-corrected chi connectivity index (χ1v) is 7.24. The van der Waals surface area contributed by atoms with Crippen molar-refractivity contribution in [3.63, 3.8) is 0 Å². The number of benzene rings is 2. The second-order valence-electron chi connectivity index (χ2n) is 5.43. The lowest BCUT2D eigenvalue weighted by atomic mass is 10.0. The Labute approximate surface area is 134 Å². The highest BCUT2D eigenvalue weighted by molar-refractivity contribution is 5.95. The second-order valence-corrected chi connectivity index (χ2v) is 5.43. The predicted molar refractivity (Wildman–Crippen MR) is 84.8 cm³/mol. The zero-order chi connectivity index (χ0) is 17.0. The van der Waals surface area contributed by atoms with E-state index in [4.69, 9.17) is 0 Å². The molecule has 0 fully saturated rings. The molecule has 0 spiro atoms. The van der Waals surface area contributed by atoms with Gasteiger partial charge in [-0.3, -0.25) is 4.79 Å². The summed E-state index contributed by atoms with van der Waals surface area (Å²) in [4.78, 5) is 14.1. The van der Waals surface area contributed by atoms with Crippen molar-refractivity contribution in [2.75, 3.05) is 7.05 Å². The average Bonchev–Trinajstić information content (AvgIpc) is 2.50. The Morgan fingerprint density at radius 2 is 1.78 bits per heavy atom. The van der Waals surface area contributed by atoms with Crippen molar-refractivity contribution in [3.8, 4) is 5.75 Å². The van der Waals surface area contributed by atoms with E-state index < -0.39 is 6.61 Å². The Morgan fingerprint density at radius 1 is 1.13 bits per heavy atom. The minimum atomic E-state index is -2.84. The van der Waals surface area contributed by atoms with E-state index >= 15 is 0 Å². The van der Waals surface area contributed by atoms with Crippen LogP contribution in [-0.4, -0.2) is 24.5 Å². The summed E-state index contributed by atoms with van der Waals surface area (Å²) >= 11 is 0. The highest BCUT2D eigenvalue weighted by Crippen LogP contribution is 2.18. The molecule has 23 heavy (non-hydrogen) atoms. The van der Waals surface area contributed by atoms with Gasteiger partial charge in [0.25, 0.3) is 5.91 Å². The van der Waals surface area contributed by atoms with Crippen LogP contribution in [0.2, 0.25) is 0 Å². The van der Waals surface area contributed by atoms with E-state index in [1.54, 1.807) is 30.1 Å². The molecule has 0 aliphatic rings. The first-order valence-electron chi connectivity index (χ1n) is 7.24. The number of alkyl halides is 2. The van der Waals surface area contributed by atoms with Gasteiger partial charge >= 0.3 is 6.61 Å². The highest BCUT2D eigenvalue weighted by Gasteiger charge is 2.15. The third-order valence-electron chi connectivity index (χ3n) is 3.75. The van der Waals surface area contributed by atoms with Crippen LogP contribution in [0.15, 0.2) is 42.5 Å². The van der Waals surface area contributed by atoms with Crippen molar-refractivity contribution in [3.05, 3.63) is 64.7 Å². The van der Waals surface area contributed by atoms with Crippen LogP contribution in [0.3, 0.4) is 0 Å². The maximum atomic E-state index is 12.5. The number of rotatable bonds is 5. The summed E-state index contributed by atoms with van der Waals surface area (Å²) in [6.07, 6.45) is 0. The standard InChI is InChI=1S/C18H19F2NO2/c1-12-5-4-6-16(13(12)2)17(22)21(3)11-14-7-9-15(10-8-14)23-18(19)20/h4-10,18H,11H2,1-3H3. The van der Waals surface area contributed by atoms with E-state index in [2.05, 4.69) is 4.74 Å². The van der Waals surface area contributed by atoms with Crippen molar-refractivity contribution in [2.24, 2.45) is 0 Å². The summed E-state index contributed by atoms with van der Waals surface area (Å²) in [6, 6.07) is 11.9. The van der Waals surface area contributed by atoms with Crippen LogP contribution >= 0.6 is 0 Å². The van der Waals surface area contributed by atoms with E-state index in [0.29, 0.717) is 12.1 Å². The lowest BCUT2D eigenvalue weighted by Crippen LogP contribution is -2.27. The first-order chi connectivity index (χ1) is 10.9. The molecule has 0 N–H and O–H groups in total. The van der Waals surface area contributed by atoms with Gasteiger partial charge in [0.15, 0.2) is 0 Å². The molecule has 0 aliphatic heterocycles. The minimum absolute atomic E-state index is 0.0703. The van der Waals surface area contributed by atoms with Gasteiger partial charge in [-0.25, -0.2) is 0 Å². The van der Waals surface area contributed by atoms with Crippen LogP contribution in [0, 0.1) is 13.8 Å². The molecule has 0 radical (unpaired) electrons. The van der Waals surface area contributed by atoms with Gasteiger partial charge in [0.2, 0.25) is 0 Å². The van der Waals surface area contributed by atoms with Gasteiger partial charge in [0.1, 0.15) is 5.75 Å². The molecule has 0 saturated carbocycles. The summed E-state index contributed by atoms with van der Waals surface area (Å²) in [5, 5.41) is 0. The van der Waals surface area contributed by atoms with Crippen LogP contribution in [0.5, 0.6) is 5.75 Å². The van der Waals surface area contributed by atoms with Crippen LogP contribution in [0.4, 0.5) is 8.78 Å². The third kappa shape index (κ3) is 4.28. The Kier molecular flexibility index (Phi) is 5.32. The summed E-state index contributed by atoms with van der Waals surface area (Å²) in [7, 11) is 1.72. The van der Waals surface area contributed by atoms with Crippen molar-refractivity contribution in [1.29, 1.82) is 0 Å². The Bertz CT molecular complexity index is 684. The van der Waals surface area contributed by atoms with Crippen molar-refractivity contribution in [2.45, 2.75) is 27.0 Å². The number of hydrogen-bond donors (Lipinski definition) is 0. The maximum absolute atomic E-state index is 12.5. The van der Waals surface area contributed by atoms with Crippen molar-refractivity contribution >= 4 is 5.91 Å². The molecule has 1 amide bonds. The van der Waals surface area contributed by atoms with E-state index in [1.165, 1.54) is 12.1 Å². The summed E-state index contributed by atoms with van der Waals surface area (Å²) in [5.74, 6) is 0.0337. The predicted octanol–water partition coefficient (Wildman–Crippen LogP) is 4.18. The molecular weight excluding hydrogens is 300 g/mol. The topological polar surface area (TPSA) is 29.5 Å². The summed E-state index contributed by atoms with van der Waals surface area (Å²) < 4.78 is 28.5. The van der Waals surface area contributed by atoms with Gasteiger partial charge < -0.3 is 9.64 Å². The number of amides is 1. The Hall–Kier alpha value is -2.43. The number of aryl methyl sites for hydroxylation is 1. The largest absolute Gasteiger partial charge is 0.435 e. The molecule has 0 unspecified atom stereocenters.